The van der Waals surface area contributed by atoms with Crippen molar-refractivity contribution in [1.82, 2.24) is 0 Å². The van der Waals surface area contributed by atoms with Gasteiger partial charge in [0.15, 0.2) is 5.12 Å². The fourth-order valence-corrected chi connectivity index (χ4v) is 3.07. The van der Waals surface area contributed by atoms with Crippen molar-refractivity contribution in [3.8, 4) is 5.75 Å². The monoisotopic (exact) mass is 376 g/mol. The molecule has 0 amide bonds. The molecule has 0 spiro atoms. The van der Waals surface area contributed by atoms with E-state index in [4.69, 9.17) is 14.0 Å². The van der Waals surface area contributed by atoms with Crippen molar-refractivity contribution in [3.05, 3.63) is 35.3 Å². The molecule has 1 fully saturated rings. The van der Waals surface area contributed by atoms with Gasteiger partial charge in [-0.05, 0) is 57.3 Å². The molecule has 26 heavy (non-hydrogen) atoms. The van der Waals surface area contributed by atoms with Gasteiger partial charge in [0.1, 0.15) is 5.75 Å². The molecule has 142 valence electrons. The van der Waals surface area contributed by atoms with E-state index < -0.39 is 18.3 Å². The summed E-state index contributed by atoms with van der Waals surface area (Å²) in [7, 11) is -0.466. The van der Waals surface area contributed by atoms with Gasteiger partial charge in [-0.15, -0.1) is 0 Å². The van der Waals surface area contributed by atoms with E-state index in [2.05, 4.69) is 6.92 Å². The fourth-order valence-electron chi connectivity index (χ4n) is 2.49. The topological polar surface area (TPSA) is 44.8 Å². The highest BCUT2D eigenvalue weighted by atomic mass is 32.2. The number of ether oxygens (including phenoxy) is 1. The third kappa shape index (κ3) is 5.38. The first-order valence-corrected chi connectivity index (χ1v) is 10.1. The minimum absolute atomic E-state index is 0.0763. The first-order valence-electron chi connectivity index (χ1n) is 9.07. The van der Waals surface area contributed by atoms with Crippen LogP contribution in [-0.4, -0.2) is 35.8 Å². The molecule has 6 heteroatoms. The summed E-state index contributed by atoms with van der Waals surface area (Å²) >= 11 is 1.27. The molecule has 4 nitrogen and oxygen atoms in total. The van der Waals surface area contributed by atoms with E-state index in [0.717, 1.165) is 23.2 Å². The average molecular weight is 376 g/mol. The van der Waals surface area contributed by atoms with Crippen LogP contribution in [0.4, 0.5) is 0 Å². The van der Waals surface area contributed by atoms with Crippen LogP contribution in [0, 0.1) is 0 Å². The molecule has 0 saturated carbocycles. The van der Waals surface area contributed by atoms with E-state index in [1.165, 1.54) is 11.8 Å². The summed E-state index contributed by atoms with van der Waals surface area (Å²) in [5, 5.41) is 0.0763. The summed E-state index contributed by atoms with van der Waals surface area (Å²) in [5.74, 6) is 1.37. The molecule has 0 aromatic heterocycles. The third-order valence-electron chi connectivity index (χ3n) is 4.68. The van der Waals surface area contributed by atoms with Crippen LogP contribution in [0.25, 0.3) is 6.08 Å². The van der Waals surface area contributed by atoms with Crippen molar-refractivity contribution in [2.45, 2.75) is 59.2 Å². The van der Waals surface area contributed by atoms with Gasteiger partial charge in [0.25, 0.3) is 0 Å². The predicted octanol–water partition coefficient (Wildman–Crippen LogP) is 4.77. The Morgan fingerprint density at radius 1 is 1.23 bits per heavy atom. The molecule has 0 bridgehead atoms. The van der Waals surface area contributed by atoms with Gasteiger partial charge < -0.3 is 14.0 Å². The van der Waals surface area contributed by atoms with E-state index in [0.29, 0.717) is 12.4 Å². The zero-order valence-corrected chi connectivity index (χ0v) is 17.4. The molecular weight excluding hydrogens is 347 g/mol. The third-order valence-corrected chi connectivity index (χ3v) is 5.57. The van der Waals surface area contributed by atoms with Crippen molar-refractivity contribution in [2.24, 2.45) is 0 Å². The Morgan fingerprint density at radius 2 is 1.88 bits per heavy atom. The van der Waals surface area contributed by atoms with Gasteiger partial charge in [-0.25, -0.2) is 0 Å². The first kappa shape index (κ1) is 21.1. The van der Waals surface area contributed by atoms with Gasteiger partial charge in [0.2, 0.25) is 0 Å². The highest BCUT2D eigenvalue weighted by molar-refractivity contribution is 8.13. The minimum Gasteiger partial charge on any atom is -0.494 e. The maximum atomic E-state index is 11.5. The fraction of sp³-hybridized carbons (Fsp3) is 0.550. The van der Waals surface area contributed by atoms with Crippen LogP contribution in [0.5, 0.6) is 5.75 Å². The van der Waals surface area contributed by atoms with Gasteiger partial charge in [0.05, 0.1) is 17.8 Å². The molecule has 0 atom stereocenters. The standard InChI is InChI=1S/C20H29BO4S/c1-7-11-23-18-10-8-9-16(13-18)12-17(14-26-15(2)22)21-24-19(3,4)20(5,6)25-21/h8-10,12-13H,7,11,14H2,1-6H3. The molecular formula is C20H29BO4S. The lowest BCUT2D eigenvalue weighted by molar-refractivity contribution is -0.109. The number of hydrogen-bond acceptors (Lipinski definition) is 5. The summed E-state index contributed by atoms with van der Waals surface area (Å²) in [6, 6.07) is 7.93. The highest BCUT2D eigenvalue weighted by Crippen LogP contribution is 2.39. The van der Waals surface area contributed by atoms with E-state index in [-0.39, 0.29) is 5.12 Å². The lowest BCUT2D eigenvalue weighted by atomic mass is 9.78. The summed E-state index contributed by atoms with van der Waals surface area (Å²) in [6.07, 6.45) is 3.01. The number of hydrogen-bond donors (Lipinski definition) is 0. The van der Waals surface area contributed by atoms with Crippen LogP contribution in [0.15, 0.2) is 29.7 Å². The molecule has 0 radical (unpaired) electrons. The summed E-state index contributed by atoms with van der Waals surface area (Å²) in [5.41, 5.74) is 1.12. The smallest absolute Gasteiger partial charge is 0.491 e. The Balaban J connectivity index is 2.27. The molecule has 2 rings (SSSR count). The molecule has 0 unspecified atom stereocenters. The lowest BCUT2D eigenvalue weighted by Gasteiger charge is -2.32. The van der Waals surface area contributed by atoms with Gasteiger partial charge in [-0.1, -0.05) is 36.9 Å². The van der Waals surface area contributed by atoms with Gasteiger partial charge in [-0.2, -0.15) is 0 Å². The zero-order valence-electron chi connectivity index (χ0n) is 16.6. The largest absolute Gasteiger partial charge is 0.494 e. The SMILES string of the molecule is CCCOc1cccc(C=C(CSC(C)=O)B2OC(C)(C)C(C)(C)O2)c1. The number of rotatable bonds is 7. The Labute approximate surface area is 161 Å². The molecule has 0 N–H and O–H groups in total. The molecule has 1 saturated heterocycles. The minimum atomic E-state index is -0.466. The molecule has 0 aliphatic carbocycles. The van der Waals surface area contributed by atoms with Crippen molar-refractivity contribution >= 4 is 30.1 Å². The second kappa shape index (κ2) is 8.64. The van der Waals surface area contributed by atoms with Crippen molar-refractivity contribution in [1.29, 1.82) is 0 Å². The van der Waals surface area contributed by atoms with Crippen LogP contribution in [0.3, 0.4) is 0 Å². The number of carbonyl (C=O) groups is 1. The van der Waals surface area contributed by atoms with E-state index in [9.17, 15) is 4.79 Å². The first-order chi connectivity index (χ1) is 12.1. The maximum absolute atomic E-state index is 11.5. The number of thioether (sulfide) groups is 1. The molecule has 1 aromatic rings. The van der Waals surface area contributed by atoms with Crippen molar-refractivity contribution in [3.63, 3.8) is 0 Å². The molecule has 1 aliphatic heterocycles. The predicted molar refractivity (Wildman–Crippen MR) is 109 cm³/mol. The van der Waals surface area contributed by atoms with Gasteiger partial charge in [0, 0.05) is 12.7 Å². The van der Waals surface area contributed by atoms with Crippen LogP contribution in [0.1, 0.15) is 53.5 Å². The van der Waals surface area contributed by atoms with E-state index in [1.54, 1.807) is 6.92 Å². The highest BCUT2D eigenvalue weighted by Gasteiger charge is 2.52. The molecule has 1 aliphatic rings. The zero-order chi connectivity index (χ0) is 19.4. The number of benzene rings is 1. The summed E-state index contributed by atoms with van der Waals surface area (Å²) in [6.45, 7) is 12.5. The Morgan fingerprint density at radius 3 is 2.46 bits per heavy atom. The van der Waals surface area contributed by atoms with Crippen molar-refractivity contribution < 1.29 is 18.8 Å². The Kier molecular flexibility index (Phi) is 7.00. The summed E-state index contributed by atoms with van der Waals surface area (Å²) < 4.78 is 18.1. The van der Waals surface area contributed by atoms with Crippen molar-refractivity contribution in [2.75, 3.05) is 12.4 Å². The Hall–Kier alpha value is -1.24. The second-order valence-corrected chi connectivity index (χ2v) is 8.66. The van der Waals surface area contributed by atoms with E-state index >= 15 is 0 Å². The van der Waals surface area contributed by atoms with Crippen LogP contribution < -0.4 is 4.74 Å². The maximum Gasteiger partial charge on any atom is 0.491 e. The average Bonchev–Trinajstić information content (AvgIpc) is 2.77. The molecule has 1 aromatic carbocycles. The van der Waals surface area contributed by atoms with Crippen LogP contribution in [-0.2, 0) is 14.1 Å². The van der Waals surface area contributed by atoms with E-state index in [1.807, 2.05) is 58.0 Å². The van der Waals surface area contributed by atoms with Crippen LogP contribution in [0.2, 0.25) is 0 Å². The van der Waals surface area contributed by atoms with Gasteiger partial charge >= 0.3 is 7.12 Å². The lowest BCUT2D eigenvalue weighted by Crippen LogP contribution is -2.41. The quantitative estimate of drug-likeness (QED) is 0.642. The number of carbonyl (C=O) groups excluding carboxylic acids is 1. The molecule has 1 heterocycles. The van der Waals surface area contributed by atoms with Gasteiger partial charge in [-0.3, -0.25) is 4.79 Å². The normalized spacial score (nSPS) is 18.8. The summed E-state index contributed by atoms with van der Waals surface area (Å²) in [4.78, 5) is 11.5. The van der Waals surface area contributed by atoms with Crippen LogP contribution >= 0.6 is 11.8 Å². The second-order valence-electron chi connectivity index (χ2n) is 7.51. The Bertz CT molecular complexity index is 654.